The van der Waals surface area contributed by atoms with Crippen molar-refractivity contribution in [3.8, 4) is 11.5 Å². The SMILES string of the molecule is COc1cc(O)ccc1[C@H]1C2=CC[C@@H]3C(=O)N(C4CCCCC4)C(=O)[C@@H]3[C@@H]2C[C@@]2(Cl)C(=O)N(CBr)C(=O)[C@@]12Cl. The minimum absolute atomic E-state index is 0.0444. The summed E-state index contributed by atoms with van der Waals surface area (Å²) >= 11 is 17.7. The molecule has 6 atom stereocenters. The van der Waals surface area contributed by atoms with Crippen LogP contribution in [0.5, 0.6) is 11.5 Å². The van der Waals surface area contributed by atoms with Crippen LogP contribution in [-0.4, -0.2) is 66.9 Å². The maximum absolute atomic E-state index is 14.0. The zero-order valence-electron chi connectivity index (χ0n) is 21.4. The Bertz CT molecular complexity index is 1310. The van der Waals surface area contributed by atoms with Gasteiger partial charge in [0, 0.05) is 23.6 Å². The number of amides is 4. The summed E-state index contributed by atoms with van der Waals surface area (Å²) in [6.07, 6.45) is 6.83. The predicted molar refractivity (Wildman–Crippen MR) is 147 cm³/mol. The van der Waals surface area contributed by atoms with Crippen LogP contribution in [-0.2, 0) is 19.2 Å². The Balaban J connectivity index is 1.52. The molecule has 208 valence electrons. The number of imide groups is 2. The Morgan fingerprint density at radius 3 is 2.44 bits per heavy atom. The molecular weight excluding hydrogens is 611 g/mol. The van der Waals surface area contributed by atoms with E-state index in [0.717, 1.165) is 37.0 Å². The number of phenols is 1. The minimum atomic E-state index is -1.91. The highest BCUT2D eigenvalue weighted by molar-refractivity contribution is 9.09. The molecule has 3 aliphatic carbocycles. The van der Waals surface area contributed by atoms with Crippen LogP contribution in [0.25, 0.3) is 0 Å². The van der Waals surface area contributed by atoms with E-state index >= 15 is 0 Å². The fourth-order valence-corrected chi connectivity index (χ4v) is 9.18. The average molecular weight is 640 g/mol. The van der Waals surface area contributed by atoms with E-state index in [4.69, 9.17) is 27.9 Å². The number of benzene rings is 1. The molecule has 2 aliphatic heterocycles. The highest BCUT2D eigenvalue weighted by atomic mass is 79.9. The third-order valence-corrected chi connectivity index (χ3v) is 11.4. The second-order valence-corrected chi connectivity index (χ2v) is 13.0. The maximum atomic E-state index is 14.0. The van der Waals surface area contributed by atoms with Crippen LogP contribution in [0.15, 0.2) is 29.8 Å². The molecule has 4 fully saturated rings. The van der Waals surface area contributed by atoms with Crippen molar-refractivity contribution in [2.75, 3.05) is 12.6 Å². The smallest absolute Gasteiger partial charge is 0.254 e. The lowest BCUT2D eigenvalue weighted by atomic mass is 9.56. The molecule has 0 bridgehead atoms. The standard InChI is InChI=1S/C28H29BrCl2N2O6/c1-39-20-11-15(34)7-8-17(20)22-16-9-10-18-21(24(36)33(23(18)35)14-5-3-2-4-6-14)19(16)12-27(30)25(37)32(13-29)26(38)28(22,27)31/h7-9,11,14,18-19,21-22,34H,2-6,10,12-13H2,1H3/t18-,19+,21-,22+,27+,28-/m0/s1. The quantitative estimate of drug-likeness (QED) is 0.226. The fraction of sp³-hybridized carbons (Fsp3) is 0.571. The number of alkyl halides is 3. The largest absolute Gasteiger partial charge is 0.508 e. The molecular formula is C28H29BrCl2N2O6. The molecule has 4 amide bonds. The molecule has 0 unspecified atom stereocenters. The van der Waals surface area contributed by atoms with Crippen molar-refractivity contribution in [3.63, 3.8) is 0 Å². The number of methoxy groups -OCH3 is 1. The van der Waals surface area contributed by atoms with Gasteiger partial charge in [0.25, 0.3) is 11.8 Å². The van der Waals surface area contributed by atoms with Gasteiger partial charge in [-0.2, -0.15) is 0 Å². The van der Waals surface area contributed by atoms with E-state index in [9.17, 15) is 24.3 Å². The van der Waals surface area contributed by atoms with Crippen LogP contribution in [0.4, 0.5) is 0 Å². The Labute approximate surface area is 244 Å². The summed E-state index contributed by atoms with van der Waals surface area (Å²) in [6.45, 7) is 0. The number of hydrogen-bond donors (Lipinski definition) is 1. The molecule has 5 aliphatic rings. The Morgan fingerprint density at radius 2 is 1.77 bits per heavy atom. The van der Waals surface area contributed by atoms with Crippen molar-refractivity contribution >= 4 is 62.8 Å². The van der Waals surface area contributed by atoms with Gasteiger partial charge in [0.1, 0.15) is 11.5 Å². The van der Waals surface area contributed by atoms with Crippen LogP contribution in [0.1, 0.15) is 56.4 Å². The molecule has 2 saturated heterocycles. The van der Waals surface area contributed by atoms with Gasteiger partial charge in [-0.1, -0.05) is 52.9 Å². The molecule has 39 heavy (non-hydrogen) atoms. The monoisotopic (exact) mass is 638 g/mol. The van der Waals surface area contributed by atoms with Gasteiger partial charge in [0.15, 0.2) is 9.75 Å². The zero-order chi connectivity index (χ0) is 27.9. The van der Waals surface area contributed by atoms with E-state index in [-0.39, 0.29) is 41.2 Å². The number of nitrogens with zero attached hydrogens (tertiary/aromatic N) is 2. The van der Waals surface area contributed by atoms with Gasteiger partial charge >= 0.3 is 0 Å². The van der Waals surface area contributed by atoms with Gasteiger partial charge < -0.3 is 9.84 Å². The number of allylic oxidation sites excluding steroid dienone is 2. The first-order valence-corrected chi connectivity index (χ1v) is 15.2. The van der Waals surface area contributed by atoms with Gasteiger partial charge in [-0.05, 0) is 37.7 Å². The van der Waals surface area contributed by atoms with Crippen molar-refractivity contribution in [3.05, 3.63) is 35.4 Å². The van der Waals surface area contributed by atoms with Gasteiger partial charge in [0.05, 0.1) is 24.4 Å². The summed E-state index contributed by atoms with van der Waals surface area (Å²) in [7, 11) is 1.44. The average Bonchev–Trinajstić information content (AvgIpc) is 3.27. The van der Waals surface area contributed by atoms with Gasteiger partial charge in [-0.15, -0.1) is 23.2 Å². The Hall–Kier alpha value is -2.10. The summed E-state index contributed by atoms with van der Waals surface area (Å²) in [5.41, 5.74) is 1.09. The Morgan fingerprint density at radius 1 is 1.05 bits per heavy atom. The fourth-order valence-electron chi connectivity index (χ4n) is 7.76. The lowest BCUT2D eigenvalue weighted by Gasteiger charge is -2.51. The number of aromatic hydroxyl groups is 1. The first kappa shape index (κ1) is 27.1. The number of rotatable bonds is 4. The third kappa shape index (κ3) is 3.54. The highest BCUT2D eigenvalue weighted by Gasteiger charge is 2.76. The number of hydrogen-bond acceptors (Lipinski definition) is 6. The minimum Gasteiger partial charge on any atom is -0.508 e. The van der Waals surface area contributed by atoms with Gasteiger partial charge in [-0.3, -0.25) is 29.0 Å². The topological polar surface area (TPSA) is 104 Å². The first-order chi connectivity index (χ1) is 18.6. The third-order valence-electron chi connectivity index (χ3n) is 9.52. The van der Waals surface area contributed by atoms with E-state index in [1.165, 1.54) is 24.1 Å². The lowest BCUT2D eigenvalue weighted by molar-refractivity contribution is -0.144. The number of fused-ring (bicyclic) bond motifs is 4. The molecule has 2 saturated carbocycles. The van der Waals surface area contributed by atoms with Crippen LogP contribution < -0.4 is 4.74 Å². The first-order valence-electron chi connectivity index (χ1n) is 13.3. The van der Waals surface area contributed by atoms with Crippen LogP contribution in [0, 0.1) is 17.8 Å². The van der Waals surface area contributed by atoms with E-state index in [1.807, 2.05) is 6.08 Å². The highest BCUT2D eigenvalue weighted by Crippen LogP contribution is 2.66. The van der Waals surface area contributed by atoms with E-state index in [2.05, 4.69) is 15.9 Å². The number of phenolic OH excluding ortho intramolecular Hbond substituents is 1. The van der Waals surface area contributed by atoms with E-state index in [0.29, 0.717) is 17.6 Å². The van der Waals surface area contributed by atoms with Crippen LogP contribution >= 0.6 is 39.1 Å². The second-order valence-electron chi connectivity index (χ2n) is 11.3. The van der Waals surface area contributed by atoms with E-state index in [1.54, 1.807) is 6.07 Å². The summed E-state index contributed by atoms with van der Waals surface area (Å²) in [5, 5.41) is 10.1. The van der Waals surface area contributed by atoms with Crippen molar-refractivity contribution in [1.82, 2.24) is 9.80 Å². The molecule has 6 rings (SSSR count). The molecule has 8 nitrogen and oxygen atoms in total. The molecule has 11 heteroatoms. The van der Waals surface area contributed by atoms with Crippen LogP contribution in [0.2, 0.25) is 0 Å². The number of carbonyl (C=O) groups excluding carboxylic acids is 4. The molecule has 0 radical (unpaired) electrons. The van der Waals surface area contributed by atoms with Gasteiger partial charge in [0.2, 0.25) is 11.8 Å². The molecule has 1 aromatic rings. The van der Waals surface area contributed by atoms with Crippen molar-refractivity contribution in [2.45, 2.75) is 66.7 Å². The van der Waals surface area contributed by atoms with Crippen molar-refractivity contribution < 1.29 is 29.0 Å². The summed E-state index contributed by atoms with van der Waals surface area (Å²) in [6, 6.07) is 4.38. The normalized spacial score (nSPS) is 36.6. The van der Waals surface area contributed by atoms with Gasteiger partial charge in [-0.25, -0.2) is 0 Å². The summed E-state index contributed by atoms with van der Waals surface area (Å²) in [4.78, 5) is 54.0. The summed E-state index contributed by atoms with van der Waals surface area (Å²) in [5.74, 6) is -4.16. The molecule has 0 spiro atoms. The van der Waals surface area contributed by atoms with Crippen molar-refractivity contribution in [1.29, 1.82) is 0 Å². The lowest BCUT2D eigenvalue weighted by Crippen LogP contribution is -2.60. The molecule has 0 aromatic heterocycles. The predicted octanol–water partition coefficient (Wildman–Crippen LogP) is 4.44. The number of ether oxygens (including phenoxy) is 1. The second kappa shape index (κ2) is 9.48. The maximum Gasteiger partial charge on any atom is 0.254 e. The number of likely N-dealkylation sites (tertiary alicyclic amines) is 2. The zero-order valence-corrected chi connectivity index (χ0v) is 24.5. The molecule has 2 heterocycles. The number of carbonyl (C=O) groups is 4. The Kier molecular flexibility index (Phi) is 6.59. The molecule has 1 aromatic carbocycles. The van der Waals surface area contributed by atoms with Crippen LogP contribution in [0.3, 0.4) is 0 Å². The van der Waals surface area contributed by atoms with Crippen molar-refractivity contribution in [2.24, 2.45) is 17.8 Å². The van der Waals surface area contributed by atoms with E-state index < -0.39 is 45.2 Å². The molecule has 1 N–H and O–H groups in total. The number of halogens is 3. The summed E-state index contributed by atoms with van der Waals surface area (Å²) < 4.78 is 5.58.